The van der Waals surface area contributed by atoms with Gasteiger partial charge >= 0.3 is 0 Å². The van der Waals surface area contributed by atoms with Crippen LogP contribution in [0.15, 0.2) is 0 Å². The van der Waals surface area contributed by atoms with Crippen LogP contribution in [0.1, 0.15) is 26.7 Å². The molecule has 1 saturated heterocycles. The highest BCUT2D eigenvalue weighted by atomic mass is 16.2. The SMILES string of the molecule is CC1(C)CCCN1CC(=O)NN. The van der Waals surface area contributed by atoms with Gasteiger partial charge in [0.05, 0.1) is 6.54 Å². The Morgan fingerprint density at radius 1 is 1.67 bits per heavy atom. The second-order valence-corrected chi connectivity index (χ2v) is 3.91. The summed E-state index contributed by atoms with van der Waals surface area (Å²) < 4.78 is 0. The molecular weight excluding hydrogens is 154 g/mol. The van der Waals surface area contributed by atoms with Crippen LogP contribution in [0, 0.1) is 0 Å². The van der Waals surface area contributed by atoms with Crippen molar-refractivity contribution in [3.63, 3.8) is 0 Å². The molecule has 1 aliphatic rings. The molecule has 4 nitrogen and oxygen atoms in total. The number of amides is 1. The zero-order valence-electron chi connectivity index (χ0n) is 7.76. The molecule has 0 saturated carbocycles. The van der Waals surface area contributed by atoms with Crippen molar-refractivity contribution in [2.45, 2.75) is 32.2 Å². The number of nitrogens with two attached hydrogens (primary N) is 1. The smallest absolute Gasteiger partial charge is 0.248 e. The van der Waals surface area contributed by atoms with Gasteiger partial charge in [-0.2, -0.15) is 0 Å². The van der Waals surface area contributed by atoms with Gasteiger partial charge in [0.25, 0.3) is 0 Å². The number of hydrazine groups is 1. The third-order valence-corrected chi connectivity index (χ3v) is 2.57. The fourth-order valence-corrected chi connectivity index (χ4v) is 1.68. The Labute approximate surface area is 73.1 Å². The van der Waals surface area contributed by atoms with E-state index in [1.54, 1.807) is 0 Å². The minimum Gasteiger partial charge on any atom is -0.293 e. The van der Waals surface area contributed by atoms with E-state index in [9.17, 15) is 4.79 Å². The van der Waals surface area contributed by atoms with Crippen LogP contribution in [-0.2, 0) is 4.79 Å². The van der Waals surface area contributed by atoms with Gasteiger partial charge in [-0.25, -0.2) is 5.84 Å². The zero-order chi connectivity index (χ0) is 9.19. The summed E-state index contributed by atoms with van der Waals surface area (Å²) >= 11 is 0. The Morgan fingerprint density at radius 2 is 2.33 bits per heavy atom. The lowest BCUT2D eigenvalue weighted by Crippen LogP contribution is -2.46. The summed E-state index contributed by atoms with van der Waals surface area (Å²) in [7, 11) is 0. The molecule has 0 aromatic heterocycles. The first kappa shape index (κ1) is 9.48. The van der Waals surface area contributed by atoms with Crippen molar-refractivity contribution in [3.05, 3.63) is 0 Å². The van der Waals surface area contributed by atoms with Gasteiger partial charge in [0.15, 0.2) is 0 Å². The second-order valence-electron chi connectivity index (χ2n) is 3.91. The average molecular weight is 171 g/mol. The maximum absolute atomic E-state index is 11.0. The number of carbonyl (C=O) groups is 1. The van der Waals surface area contributed by atoms with E-state index in [-0.39, 0.29) is 11.4 Å². The van der Waals surface area contributed by atoms with Gasteiger partial charge in [-0.15, -0.1) is 0 Å². The minimum atomic E-state index is -0.107. The Hall–Kier alpha value is -0.610. The molecule has 0 radical (unpaired) electrons. The van der Waals surface area contributed by atoms with E-state index < -0.39 is 0 Å². The van der Waals surface area contributed by atoms with Gasteiger partial charge in [-0.05, 0) is 33.2 Å². The summed E-state index contributed by atoms with van der Waals surface area (Å²) in [6.45, 7) is 5.73. The van der Waals surface area contributed by atoms with Crippen LogP contribution in [0.4, 0.5) is 0 Å². The van der Waals surface area contributed by atoms with E-state index in [1.807, 2.05) is 0 Å². The molecular formula is C8H17N3O. The van der Waals surface area contributed by atoms with Crippen LogP contribution in [0.25, 0.3) is 0 Å². The molecule has 0 atom stereocenters. The predicted octanol–water partition coefficient (Wildman–Crippen LogP) is -0.149. The molecule has 0 spiro atoms. The molecule has 4 heteroatoms. The van der Waals surface area contributed by atoms with Crippen molar-refractivity contribution < 1.29 is 4.79 Å². The molecule has 0 unspecified atom stereocenters. The standard InChI is InChI=1S/C8H17N3O/c1-8(2)4-3-5-11(8)6-7(12)10-9/h3-6,9H2,1-2H3,(H,10,12). The van der Waals surface area contributed by atoms with Gasteiger partial charge in [-0.1, -0.05) is 0 Å². The topological polar surface area (TPSA) is 58.4 Å². The van der Waals surface area contributed by atoms with Crippen molar-refractivity contribution in [1.29, 1.82) is 0 Å². The number of carbonyl (C=O) groups excluding carboxylic acids is 1. The Bertz CT molecular complexity index is 179. The zero-order valence-corrected chi connectivity index (χ0v) is 7.76. The Morgan fingerprint density at radius 3 is 2.75 bits per heavy atom. The van der Waals surface area contributed by atoms with E-state index in [4.69, 9.17) is 5.84 Å². The fourth-order valence-electron chi connectivity index (χ4n) is 1.68. The maximum Gasteiger partial charge on any atom is 0.248 e. The maximum atomic E-state index is 11.0. The lowest BCUT2D eigenvalue weighted by Gasteiger charge is -2.30. The minimum absolute atomic E-state index is 0.107. The normalized spacial score (nSPS) is 22.6. The fraction of sp³-hybridized carbons (Fsp3) is 0.875. The molecule has 70 valence electrons. The molecule has 0 aromatic rings. The predicted molar refractivity (Wildman–Crippen MR) is 47.2 cm³/mol. The van der Waals surface area contributed by atoms with Gasteiger partial charge < -0.3 is 0 Å². The molecule has 1 aliphatic heterocycles. The third-order valence-electron chi connectivity index (χ3n) is 2.57. The van der Waals surface area contributed by atoms with Gasteiger partial charge in [0.1, 0.15) is 0 Å². The van der Waals surface area contributed by atoms with Crippen LogP contribution in [0.5, 0.6) is 0 Å². The molecule has 12 heavy (non-hydrogen) atoms. The largest absolute Gasteiger partial charge is 0.293 e. The van der Waals surface area contributed by atoms with Crippen LogP contribution in [0.3, 0.4) is 0 Å². The highest BCUT2D eigenvalue weighted by Crippen LogP contribution is 2.27. The highest BCUT2D eigenvalue weighted by molar-refractivity contribution is 5.77. The highest BCUT2D eigenvalue weighted by Gasteiger charge is 2.32. The first-order valence-electron chi connectivity index (χ1n) is 4.31. The van der Waals surface area contributed by atoms with Crippen molar-refractivity contribution >= 4 is 5.91 Å². The number of rotatable bonds is 2. The molecule has 0 bridgehead atoms. The Balaban J connectivity index is 2.47. The number of hydrogen-bond acceptors (Lipinski definition) is 3. The molecule has 1 amide bonds. The summed E-state index contributed by atoms with van der Waals surface area (Å²) in [4.78, 5) is 13.1. The number of nitrogens with one attached hydrogen (secondary N) is 1. The number of likely N-dealkylation sites (tertiary alicyclic amines) is 1. The van der Waals surface area contributed by atoms with Crippen LogP contribution >= 0.6 is 0 Å². The van der Waals surface area contributed by atoms with Crippen LogP contribution in [0.2, 0.25) is 0 Å². The van der Waals surface area contributed by atoms with Gasteiger partial charge in [-0.3, -0.25) is 15.1 Å². The summed E-state index contributed by atoms with van der Waals surface area (Å²) in [6, 6.07) is 0. The Kier molecular flexibility index (Phi) is 2.69. The molecule has 1 heterocycles. The molecule has 0 aromatic carbocycles. The number of nitrogens with zero attached hydrogens (tertiary/aromatic N) is 1. The molecule has 0 aliphatic carbocycles. The summed E-state index contributed by atoms with van der Waals surface area (Å²) in [5.41, 5.74) is 2.31. The average Bonchev–Trinajstić information content (AvgIpc) is 2.31. The van der Waals surface area contributed by atoms with Gasteiger partial charge in [0, 0.05) is 5.54 Å². The lowest BCUT2D eigenvalue weighted by atomic mass is 10.0. The molecule has 3 N–H and O–H groups in total. The van der Waals surface area contributed by atoms with E-state index >= 15 is 0 Å². The summed E-state index contributed by atoms with van der Waals surface area (Å²) in [5, 5.41) is 0. The van der Waals surface area contributed by atoms with Crippen molar-refractivity contribution in [3.8, 4) is 0 Å². The van der Waals surface area contributed by atoms with Gasteiger partial charge in [0.2, 0.25) is 5.91 Å². The van der Waals surface area contributed by atoms with E-state index in [1.165, 1.54) is 6.42 Å². The first-order valence-corrected chi connectivity index (χ1v) is 4.31. The monoisotopic (exact) mass is 171 g/mol. The lowest BCUT2D eigenvalue weighted by molar-refractivity contribution is -0.123. The van der Waals surface area contributed by atoms with Crippen LogP contribution in [-0.4, -0.2) is 29.4 Å². The molecule has 1 fully saturated rings. The van der Waals surface area contributed by atoms with E-state index in [0.29, 0.717) is 6.54 Å². The summed E-state index contributed by atoms with van der Waals surface area (Å²) in [5.74, 6) is 4.91. The van der Waals surface area contributed by atoms with Crippen molar-refractivity contribution in [1.82, 2.24) is 10.3 Å². The van der Waals surface area contributed by atoms with E-state index in [2.05, 4.69) is 24.2 Å². The summed E-state index contributed by atoms with van der Waals surface area (Å²) in [6.07, 6.45) is 2.33. The third kappa shape index (κ3) is 1.95. The first-order chi connectivity index (χ1) is 5.56. The second kappa shape index (κ2) is 3.41. The van der Waals surface area contributed by atoms with Crippen LogP contribution < -0.4 is 11.3 Å². The number of hydrogen-bond donors (Lipinski definition) is 2. The van der Waals surface area contributed by atoms with E-state index in [0.717, 1.165) is 13.0 Å². The molecule has 1 rings (SSSR count). The van der Waals surface area contributed by atoms with Crippen molar-refractivity contribution in [2.24, 2.45) is 5.84 Å². The quantitative estimate of drug-likeness (QED) is 0.345. The van der Waals surface area contributed by atoms with Crippen molar-refractivity contribution in [2.75, 3.05) is 13.1 Å².